The molecule has 2 aromatic rings. The number of rotatable bonds is 5. The van der Waals surface area contributed by atoms with Crippen LogP contribution >= 0.6 is 0 Å². The maximum Gasteiger partial charge on any atom is 0.123 e. The molecule has 1 fully saturated rings. The highest BCUT2D eigenvalue weighted by molar-refractivity contribution is 5.46. The Morgan fingerprint density at radius 3 is 2.33 bits per heavy atom. The summed E-state index contributed by atoms with van der Waals surface area (Å²) in [6.45, 7) is 2.56. The molecule has 4 heteroatoms. The minimum absolute atomic E-state index is 0.191. The van der Waals surface area contributed by atoms with Crippen molar-refractivity contribution >= 4 is 5.69 Å². The third-order valence-electron chi connectivity index (χ3n) is 4.92. The Morgan fingerprint density at radius 2 is 1.71 bits per heavy atom. The molecule has 1 unspecified atom stereocenters. The van der Waals surface area contributed by atoms with Crippen LogP contribution in [0, 0.1) is 5.82 Å². The zero-order chi connectivity index (χ0) is 16.9. The number of nitrogens with zero attached hydrogens (tertiary/aromatic N) is 2. The number of benzene rings is 2. The van der Waals surface area contributed by atoms with Gasteiger partial charge in [-0.25, -0.2) is 4.39 Å². The molecule has 0 spiro atoms. The number of piperidine rings is 1. The quantitative estimate of drug-likeness (QED) is 0.910. The molecule has 0 aromatic heterocycles. The van der Waals surface area contributed by atoms with Crippen molar-refractivity contribution in [1.29, 1.82) is 0 Å². The van der Waals surface area contributed by atoms with Crippen LogP contribution in [0.2, 0.25) is 0 Å². The molecule has 128 valence electrons. The number of hydrogen-bond acceptors (Lipinski definition) is 3. The SMILES string of the molecule is CN(CC(O)c1ccccc1)C1CCN(c2ccc(F)cc2)CC1. The Labute approximate surface area is 143 Å². The molecule has 2 aromatic carbocycles. The first-order valence-electron chi connectivity index (χ1n) is 8.57. The minimum Gasteiger partial charge on any atom is -0.387 e. The third kappa shape index (κ3) is 4.13. The maximum absolute atomic E-state index is 13.0. The van der Waals surface area contributed by atoms with E-state index in [4.69, 9.17) is 0 Å². The van der Waals surface area contributed by atoms with E-state index in [1.807, 2.05) is 42.5 Å². The number of likely N-dealkylation sites (N-methyl/N-ethyl adjacent to an activating group) is 1. The monoisotopic (exact) mass is 328 g/mol. The lowest BCUT2D eigenvalue weighted by Gasteiger charge is -2.38. The summed E-state index contributed by atoms with van der Waals surface area (Å²) in [5.74, 6) is -0.191. The first-order chi connectivity index (χ1) is 11.6. The molecule has 3 rings (SSSR count). The Morgan fingerprint density at radius 1 is 1.08 bits per heavy atom. The van der Waals surface area contributed by atoms with Crippen LogP contribution in [0.4, 0.5) is 10.1 Å². The smallest absolute Gasteiger partial charge is 0.123 e. The van der Waals surface area contributed by atoms with Gasteiger partial charge in [0.15, 0.2) is 0 Å². The number of halogens is 1. The molecule has 1 saturated heterocycles. The highest BCUT2D eigenvalue weighted by Gasteiger charge is 2.24. The second-order valence-corrected chi connectivity index (χ2v) is 6.56. The molecule has 1 aliphatic rings. The molecule has 1 heterocycles. The van der Waals surface area contributed by atoms with Gasteiger partial charge in [-0.05, 0) is 49.7 Å². The molecule has 24 heavy (non-hydrogen) atoms. The summed E-state index contributed by atoms with van der Waals surface area (Å²) in [6.07, 6.45) is 1.65. The fraction of sp³-hybridized carbons (Fsp3) is 0.400. The Bertz CT molecular complexity index is 624. The van der Waals surface area contributed by atoms with Gasteiger partial charge in [-0.15, -0.1) is 0 Å². The largest absolute Gasteiger partial charge is 0.387 e. The van der Waals surface area contributed by atoms with Crippen LogP contribution < -0.4 is 4.90 Å². The molecule has 0 saturated carbocycles. The molecular formula is C20H25FN2O. The van der Waals surface area contributed by atoms with Crippen LogP contribution in [-0.2, 0) is 0 Å². The van der Waals surface area contributed by atoms with Gasteiger partial charge in [0.25, 0.3) is 0 Å². The van der Waals surface area contributed by atoms with Gasteiger partial charge < -0.3 is 14.9 Å². The normalized spacial score (nSPS) is 17.2. The topological polar surface area (TPSA) is 26.7 Å². The van der Waals surface area contributed by atoms with Crippen molar-refractivity contribution in [3.8, 4) is 0 Å². The molecule has 0 amide bonds. The zero-order valence-electron chi connectivity index (χ0n) is 14.1. The fourth-order valence-corrected chi connectivity index (χ4v) is 3.42. The summed E-state index contributed by atoms with van der Waals surface area (Å²) in [4.78, 5) is 4.57. The van der Waals surface area contributed by atoms with E-state index in [0.29, 0.717) is 12.6 Å². The van der Waals surface area contributed by atoms with E-state index in [0.717, 1.165) is 37.2 Å². The summed E-state index contributed by atoms with van der Waals surface area (Å²) in [5.41, 5.74) is 2.05. The second-order valence-electron chi connectivity index (χ2n) is 6.56. The standard InChI is InChI=1S/C20H25FN2O/c1-22(15-20(24)16-5-3-2-4-6-16)18-11-13-23(14-12-18)19-9-7-17(21)8-10-19/h2-10,18,20,24H,11-15H2,1H3. The van der Waals surface area contributed by atoms with Crippen LogP contribution in [0.25, 0.3) is 0 Å². The van der Waals surface area contributed by atoms with Crippen LogP contribution in [-0.4, -0.2) is 42.7 Å². The molecule has 0 aliphatic carbocycles. The van der Waals surface area contributed by atoms with Gasteiger partial charge in [-0.3, -0.25) is 0 Å². The van der Waals surface area contributed by atoms with Gasteiger partial charge in [0.2, 0.25) is 0 Å². The Kier molecular flexibility index (Phi) is 5.48. The van der Waals surface area contributed by atoms with Crippen molar-refractivity contribution < 1.29 is 9.50 Å². The lowest BCUT2D eigenvalue weighted by atomic mass is 10.0. The zero-order valence-corrected chi connectivity index (χ0v) is 14.1. The van der Waals surface area contributed by atoms with E-state index < -0.39 is 6.10 Å². The summed E-state index contributed by atoms with van der Waals surface area (Å²) >= 11 is 0. The first kappa shape index (κ1) is 16.9. The lowest BCUT2D eigenvalue weighted by molar-refractivity contribution is 0.0959. The van der Waals surface area contributed by atoms with Crippen molar-refractivity contribution in [2.75, 3.05) is 31.6 Å². The molecule has 1 atom stereocenters. The van der Waals surface area contributed by atoms with Crippen molar-refractivity contribution in [3.63, 3.8) is 0 Å². The number of anilines is 1. The highest BCUT2D eigenvalue weighted by atomic mass is 19.1. The van der Waals surface area contributed by atoms with E-state index in [1.54, 1.807) is 0 Å². The van der Waals surface area contributed by atoms with E-state index in [-0.39, 0.29) is 5.82 Å². The average molecular weight is 328 g/mol. The van der Waals surface area contributed by atoms with Gasteiger partial charge in [0.1, 0.15) is 5.82 Å². The summed E-state index contributed by atoms with van der Waals surface area (Å²) in [6, 6.07) is 17.0. The summed E-state index contributed by atoms with van der Waals surface area (Å²) in [7, 11) is 2.09. The van der Waals surface area contributed by atoms with Gasteiger partial charge in [0, 0.05) is 31.4 Å². The van der Waals surface area contributed by atoms with Crippen LogP contribution in [0.1, 0.15) is 24.5 Å². The van der Waals surface area contributed by atoms with Crippen molar-refractivity contribution in [3.05, 3.63) is 66.0 Å². The number of aliphatic hydroxyl groups is 1. The molecule has 3 nitrogen and oxygen atoms in total. The van der Waals surface area contributed by atoms with Crippen LogP contribution in [0.3, 0.4) is 0 Å². The lowest BCUT2D eigenvalue weighted by Crippen LogP contribution is -2.44. The fourth-order valence-electron chi connectivity index (χ4n) is 3.42. The van der Waals surface area contributed by atoms with E-state index in [2.05, 4.69) is 16.8 Å². The van der Waals surface area contributed by atoms with Gasteiger partial charge in [-0.1, -0.05) is 30.3 Å². The minimum atomic E-state index is -0.452. The van der Waals surface area contributed by atoms with Crippen molar-refractivity contribution in [1.82, 2.24) is 4.90 Å². The van der Waals surface area contributed by atoms with Gasteiger partial charge >= 0.3 is 0 Å². The first-order valence-corrected chi connectivity index (χ1v) is 8.57. The predicted molar refractivity (Wildman–Crippen MR) is 95.7 cm³/mol. The molecule has 0 bridgehead atoms. The Hall–Kier alpha value is -1.91. The molecule has 1 aliphatic heterocycles. The van der Waals surface area contributed by atoms with E-state index >= 15 is 0 Å². The Balaban J connectivity index is 1.51. The predicted octanol–water partition coefficient (Wildman–Crippen LogP) is 3.46. The average Bonchev–Trinajstić information content (AvgIpc) is 2.63. The molecule has 0 radical (unpaired) electrons. The van der Waals surface area contributed by atoms with Gasteiger partial charge in [-0.2, -0.15) is 0 Å². The van der Waals surface area contributed by atoms with Crippen molar-refractivity contribution in [2.24, 2.45) is 0 Å². The van der Waals surface area contributed by atoms with E-state index in [1.165, 1.54) is 12.1 Å². The molecule has 1 N–H and O–H groups in total. The van der Waals surface area contributed by atoms with Crippen LogP contribution in [0.15, 0.2) is 54.6 Å². The summed E-state index contributed by atoms with van der Waals surface area (Å²) < 4.78 is 13.0. The number of hydrogen-bond donors (Lipinski definition) is 1. The highest BCUT2D eigenvalue weighted by Crippen LogP contribution is 2.23. The summed E-state index contributed by atoms with van der Waals surface area (Å²) in [5, 5.41) is 10.4. The van der Waals surface area contributed by atoms with Crippen LogP contribution in [0.5, 0.6) is 0 Å². The number of aliphatic hydroxyl groups excluding tert-OH is 1. The van der Waals surface area contributed by atoms with Gasteiger partial charge in [0.05, 0.1) is 6.10 Å². The second kappa shape index (κ2) is 7.77. The molecular weight excluding hydrogens is 303 g/mol. The third-order valence-corrected chi connectivity index (χ3v) is 4.92. The van der Waals surface area contributed by atoms with E-state index in [9.17, 15) is 9.50 Å². The van der Waals surface area contributed by atoms with Crippen molar-refractivity contribution in [2.45, 2.75) is 25.0 Å². The maximum atomic E-state index is 13.0.